The Morgan fingerprint density at radius 1 is 0.974 bits per heavy atom. The molecule has 2 aromatic rings. The van der Waals surface area contributed by atoms with E-state index in [1.165, 1.54) is 38.5 Å². The Hall–Kier alpha value is -3.40. The monoisotopic (exact) mass is 556 g/mol. The predicted octanol–water partition coefficient (Wildman–Crippen LogP) is 6.57. The molecule has 2 aliphatic carbocycles. The number of hydrogen-bond acceptors (Lipinski definition) is 6. The fourth-order valence-electron chi connectivity index (χ4n) is 4.36. The smallest absolute Gasteiger partial charge is 0.323 e. The Morgan fingerprint density at radius 3 is 2.21 bits per heavy atom. The molecule has 0 radical (unpaired) electrons. The van der Waals surface area contributed by atoms with Gasteiger partial charge in [0.2, 0.25) is 0 Å². The molecule has 10 heteroatoms. The molecule has 0 spiro atoms. The van der Waals surface area contributed by atoms with Crippen LogP contribution >= 0.6 is 0 Å². The van der Waals surface area contributed by atoms with Crippen molar-refractivity contribution in [3.63, 3.8) is 0 Å². The minimum absolute atomic E-state index is 0.317. The Morgan fingerprint density at radius 2 is 1.62 bits per heavy atom. The van der Waals surface area contributed by atoms with Gasteiger partial charge in [-0.25, -0.2) is 4.79 Å². The number of nitrogens with one attached hydrogen (secondary N) is 2. The maximum atomic E-state index is 12.9. The van der Waals surface area contributed by atoms with Gasteiger partial charge >= 0.3 is 16.5 Å². The third-order valence-corrected chi connectivity index (χ3v) is 6.66. The van der Waals surface area contributed by atoms with Gasteiger partial charge in [0.15, 0.2) is 6.61 Å². The number of urea groups is 1. The molecule has 9 nitrogen and oxygen atoms in total. The van der Waals surface area contributed by atoms with E-state index in [0.717, 1.165) is 30.6 Å². The Balaban J connectivity index is 0.00000131. The lowest BCUT2D eigenvalue weighted by molar-refractivity contribution is -0.119. The Labute approximate surface area is 233 Å². The van der Waals surface area contributed by atoms with Crippen molar-refractivity contribution in [2.24, 2.45) is 10.3 Å². The predicted molar refractivity (Wildman–Crippen MR) is 155 cm³/mol. The number of carbonyl (C=O) groups excluding carboxylic acids is 2. The third-order valence-electron chi connectivity index (χ3n) is 6.30. The molecule has 2 fully saturated rings. The van der Waals surface area contributed by atoms with E-state index in [4.69, 9.17) is 4.74 Å². The van der Waals surface area contributed by atoms with Crippen LogP contribution in [0.2, 0.25) is 0 Å². The van der Waals surface area contributed by atoms with Crippen molar-refractivity contribution < 1.29 is 22.7 Å². The number of rotatable bonds is 9. The molecule has 2 saturated carbocycles. The Kier molecular flexibility index (Phi) is 11.8. The quantitative estimate of drug-likeness (QED) is 0.361. The summed E-state index contributed by atoms with van der Waals surface area (Å²) in [4.78, 5) is 26.9. The number of carbonyl (C=O) groups is 2. The number of anilines is 3. The highest BCUT2D eigenvalue weighted by Gasteiger charge is 2.25. The van der Waals surface area contributed by atoms with E-state index in [1.807, 2.05) is 37.3 Å². The molecule has 2 aliphatic rings. The van der Waals surface area contributed by atoms with E-state index >= 15 is 0 Å². The van der Waals surface area contributed by atoms with E-state index in [2.05, 4.69) is 33.7 Å². The topological polar surface area (TPSA) is 117 Å². The second-order valence-corrected chi connectivity index (χ2v) is 11.1. The zero-order chi connectivity index (χ0) is 28.2. The number of amides is 3. The second-order valence-electron chi connectivity index (χ2n) is 10.5. The van der Waals surface area contributed by atoms with Crippen LogP contribution in [0.15, 0.2) is 46.8 Å². The number of aryl methyl sites for hydroxylation is 1. The number of hydrogen-bond donors (Lipinski definition) is 2. The number of nitrogens with zero attached hydrogens (tertiary/aromatic N) is 2. The lowest BCUT2D eigenvalue weighted by Gasteiger charge is -2.38. The van der Waals surface area contributed by atoms with Gasteiger partial charge in [0, 0.05) is 24.3 Å². The molecule has 0 bridgehead atoms. The third kappa shape index (κ3) is 11.1. The van der Waals surface area contributed by atoms with Gasteiger partial charge in [-0.05, 0) is 49.9 Å². The van der Waals surface area contributed by atoms with Gasteiger partial charge in [-0.3, -0.25) is 4.79 Å². The zero-order valence-corrected chi connectivity index (χ0v) is 23.9. The summed E-state index contributed by atoms with van der Waals surface area (Å²) in [7, 11) is -2.83. The van der Waals surface area contributed by atoms with Crippen LogP contribution in [-0.2, 0) is 15.3 Å². The summed E-state index contributed by atoms with van der Waals surface area (Å²) in [6.45, 7) is 6.61. The van der Waals surface area contributed by atoms with Crippen LogP contribution in [0.4, 0.5) is 21.9 Å². The van der Waals surface area contributed by atoms with E-state index < -0.39 is 29.0 Å². The van der Waals surface area contributed by atoms with Crippen molar-refractivity contribution >= 4 is 39.5 Å². The van der Waals surface area contributed by atoms with E-state index in [1.54, 1.807) is 12.1 Å². The van der Waals surface area contributed by atoms with Gasteiger partial charge in [0.25, 0.3) is 5.91 Å². The lowest BCUT2D eigenvalue weighted by Crippen LogP contribution is -2.40. The van der Waals surface area contributed by atoms with Crippen LogP contribution in [0.3, 0.4) is 0 Å². The average Bonchev–Trinajstić information content (AvgIpc) is 3.78. The minimum Gasteiger partial charge on any atom is -0.484 e. The van der Waals surface area contributed by atoms with Gasteiger partial charge in [0.1, 0.15) is 5.75 Å². The van der Waals surface area contributed by atoms with Crippen molar-refractivity contribution in [3.8, 4) is 5.75 Å². The highest BCUT2D eigenvalue weighted by molar-refractivity contribution is 7.62. The van der Waals surface area contributed by atoms with Crippen LogP contribution < -0.4 is 20.3 Å². The number of ether oxygens (including phenoxy) is 1. The molecular formula is C29H40N4O5S. The van der Waals surface area contributed by atoms with Crippen molar-refractivity contribution in [3.05, 3.63) is 48.0 Å². The molecule has 3 amide bonds. The van der Waals surface area contributed by atoms with E-state index in [-0.39, 0.29) is 0 Å². The maximum Gasteiger partial charge on any atom is 0.323 e. The largest absolute Gasteiger partial charge is 0.484 e. The first-order chi connectivity index (χ1) is 18.7. The molecule has 2 N–H and O–H groups in total. The van der Waals surface area contributed by atoms with Gasteiger partial charge in [-0.15, -0.1) is 0 Å². The second kappa shape index (κ2) is 15.3. The first kappa shape index (κ1) is 30.1. The van der Waals surface area contributed by atoms with Gasteiger partial charge in [-0.2, -0.15) is 8.42 Å². The standard InChI is InChI=1S/C26H34N4O5S.C3H6/c1-18(2)16-30(21-7-5-4-6-8-21)24-14-13-22(35-17-25(31)29-36(33)34)15-23(24)28-26(32)27-20-11-9-19(3)10-12-20;1-2-3-1/h9-15,18,21H,4-8,16-17H2,1-3H3,(H2,27,28,32);1-3H2. The molecule has 4 rings (SSSR count). The average molecular weight is 557 g/mol. The van der Waals surface area contributed by atoms with Crippen LogP contribution in [0.25, 0.3) is 0 Å². The summed E-state index contributed by atoms with van der Waals surface area (Å²) in [5.41, 5.74) is 3.17. The number of benzene rings is 2. The van der Waals surface area contributed by atoms with Crippen molar-refractivity contribution in [1.82, 2.24) is 0 Å². The summed E-state index contributed by atoms with van der Waals surface area (Å²) in [6.07, 6.45) is 10.2. The molecule has 39 heavy (non-hydrogen) atoms. The highest BCUT2D eigenvalue weighted by atomic mass is 32.2. The molecular weight excluding hydrogens is 516 g/mol. The summed E-state index contributed by atoms with van der Waals surface area (Å²) in [5, 5.41) is 5.80. The van der Waals surface area contributed by atoms with Gasteiger partial charge in [0.05, 0.1) is 11.4 Å². The van der Waals surface area contributed by atoms with Crippen LogP contribution in [0.1, 0.15) is 70.8 Å². The first-order valence-corrected chi connectivity index (χ1v) is 14.8. The molecule has 0 atom stereocenters. The normalized spacial score (nSPS) is 14.5. The summed E-state index contributed by atoms with van der Waals surface area (Å²) in [5.74, 6) is -0.190. The SMILES string of the molecule is C1CC1.Cc1ccc(NC(=O)Nc2cc(OCC(=O)N=S(=O)=O)ccc2N(CC(C)C)C2CCCCC2)cc1. The van der Waals surface area contributed by atoms with Crippen LogP contribution in [0, 0.1) is 12.8 Å². The molecule has 2 aromatic carbocycles. The lowest BCUT2D eigenvalue weighted by atomic mass is 9.93. The minimum atomic E-state index is -2.83. The molecule has 212 valence electrons. The zero-order valence-electron chi connectivity index (χ0n) is 23.1. The van der Waals surface area contributed by atoms with Gasteiger partial charge < -0.3 is 20.3 Å². The van der Waals surface area contributed by atoms with Crippen LogP contribution in [0.5, 0.6) is 5.75 Å². The molecule has 0 unspecified atom stereocenters. The highest BCUT2D eigenvalue weighted by Crippen LogP contribution is 2.36. The van der Waals surface area contributed by atoms with Crippen LogP contribution in [-0.4, -0.2) is 39.5 Å². The van der Waals surface area contributed by atoms with E-state index in [9.17, 15) is 18.0 Å². The fraction of sp³-hybridized carbons (Fsp3) is 0.517. The maximum absolute atomic E-state index is 12.9. The summed E-state index contributed by atoms with van der Waals surface area (Å²) >= 11 is 0. The van der Waals surface area contributed by atoms with Crippen molar-refractivity contribution in [2.75, 3.05) is 28.7 Å². The van der Waals surface area contributed by atoms with E-state index in [0.29, 0.717) is 29.1 Å². The summed E-state index contributed by atoms with van der Waals surface area (Å²) < 4.78 is 29.6. The van der Waals surface area contributed by atoms with Crippen molar-refractivity contribution in [2.45, 2.75) is 78.2 Å². The molecule has 0 saturated heterocycles. The molecule has 0 aromatic heterocycles. The first-order valence-electron chi connectivity index (χ1n) is 13.7. The van der Waals surface area contributed by atoms with Gasteiger partial charge in [-0.1, -0.05) is 74.4 Å². The fourth-order valence-corrected chi connectivity index (χ4v) is 4.58. The Bertz CT molecular complexity index is 1230. The molecule has 0 aliphatic heterocycles. The summed E-state index contributed by atoms with van der Waals surface area (Å²) in [6, 6.07) is 12.7. The molecule has 0 heterocycles. The van der Waals surface area contributed by atoms with Crippen molar-refractivity contribution in [1.29, 1.82) is 0 Å².